The van der Waals surface area contributed by atoms with Crippen LogP contribution >= 0.6 is 0 Å². The molecule has 0 aliphatic carbocycles. The number of unbranched alkanes of at least 4 members (excludes halogenated alkanes) is 12. The van der Waals surface area contributed by atoms with Crippen LogP contribution in [-0.2, 0) is 30.3 Å². The van der Waals surface area contributed by atoms with Crippen LogP contribution < -0.4 is 10.6 Å². The summed E-state index contributed by atoms with van der Waals surface area (Å²) in [6.07, 6.45) is 18.5. The number of carboxylic acids is 1. The third-order valence-electron chi connectivity index (χ3n) is 6.58. The van der Waals surface area contributed by atoms with Gasteiger partial charge >= 0.3 is 5.97 Å². The number of aromatic amines is 1. The molecular formula is C28H52N6O6. The lowest BCUT2D eigenvalue weighted by Crippen LogP contribution is -2.42. The second-order valence-electron chi connectivity index (χ2n) is 10.2. The van der Waals surface area contributed by atoms with Crippen LogP contribution in [0.5, 0.6) is 0 Å². The fourth-order valence-corrected chi connectivity index (χ4v) is 4.32. The van der Waals surface area contributed by atoms with Gasteiger partial charge in [-0.2, -0.15) is 5.21 Å². The summed E-state index contributed by atoms with van der Waals surface area (Å²) >= 11 is 0. The van der Waals surface area contributed by atoms with Crippen molar-refractivity contribution in [2.45, 2.75) is 122 Å². The molecule has 0 radical (unpaired) electrons. The Morgan fingerprint density at radius 1 is 0.825 bits per heavy atom. The van der Waals surface area contributed by atoms with Gasteiger partial charge in [-0.25, -0.2) is 4.79 Å². The van der Waals surface area contributed by atoms with Crippen LogP contribution in [-0.4, -0.2) is 82.5 Å². The van der Waals surface area contributed by atoms with Crippen LogP contribution in [0.3, 0.4) is 0 Å². The highest BCUT2D eigenvalue weighted by Gasteiger charge is 2.18. The molecule has 40 heavy (non-hydrogen) atoms. The van der Waals surface area contributed by atoms with Gasteiger partial charge in [-0.15, -0.1) is 10.2 Å². The summed E-state index contributed by atoms with van der Waals surface area (Å²) in [7, 11) is 0. The van der Waals surface area contributed by atoms with Crippen molar-refractivity contribution >= 4 is 17.8 Å². The standard InChI is InChI=1S/C28H52N6O6/c1-2-16-24(28(37)38)30-27(36)23-40-22-21-39-20-19-29-26(35)18-15-13-11-9-7-5-3-4-6-8-10-12-14-17-25-31-33-34-32-25/h24H,2-23H2,1H3,(H,29,35)(H,30,36)(H,37,38)(H,31,32,33,34). The number of aromatic nitrogens is 4. The molecular weight excluding hydrogens is 516 g/mol. The molecule has 0 aromatic carbocycles. The van der Waals surface area contributed by atoms with E-state index in [0.717, 1.165) is 31.5 Å². The Balaban J connectivity index is 1.77. The molecule has 0 aliphatic heterocycles. The third-order valence-corrected chi connectivity index (χ3v) is 6.58. The number of carbonyl (C=O) groups is 3. The Morgan fingerprint density at radius 3 is 2.00 bits per heavy atom. The third kappa shape index (κ3) is 21.2. The number of tetrazole rings is 1. The van der Waals surface area contributed by atoms with Gasteiger partial charge < -0.3 is 25.2 Å². The Morgan fingerprint density at radius 2 is 1.43 bits per heavy atom. The predicted molar refractivity (Wildman–Crippen MR) is 152 cm³/mol. The molecule has 0 saturated heterocycles. The smallest absolute Gasteiger partial charge is 0.326 e. The fraction of sp³-hybridized carbons (Fsp3) is 0.857. The number of aliphatic carboxylic acids is 1. The van der Waals surface area contributed by atoms with Gasteiger partial charge in [0.2, 0.25) is 11.8 Å². The monoisotopic (exact) mass is 568 g/mol. The number of hydrogen-bond acceptors (Lipinski definition) is 8. The summed E-state index contributed by atoms with van der Waals surface area (Å²) in [5.41, 5.74) is 0. The summed E-state index contributed by atoms with van der Waals surface area (Å²) in [6.45, 7) is 2.98. The molecule has 0 bridgehead atoms. The van der Waals surface area contributed by atoms with Crippen molar-refractivity contribution in [3.63, 3.8) is 0 Å². The quantitative estimate of drug-likeness (QED) is 0.110. The van der Waals surface area contributed by atoms with Crippen LogP contribution in [0.15, 0.2) is 0 Å². The number of rotatable bonds is 28. The molecule has 12 nitrogen and oxygen atoms in total. The number of aryl methyl sites for hydroxylation is 1. The van der Waals surface area contributed by atoms with E-state index < -0.39 is 17.9 Å². The maximum Gasteiger partial charge on any atom is 0.326 e. The van der Waals surface area contributed by atoms with Crippen molar-refractivity contribution in [1.82, 2.24) is 31.3 Å². The lowest BCUT2D eigenvalue weighted by Gasteiger charge is -2.13. The molecule has 1 aromatic rings. The van der Waals surface area contributed by atoms with Gasteiger partial charge in [0.25, 0.3) is 0 Å². The van der Waals surface area contributed by atoms with Crippen LogP contribution in [0, 0.1) is 0 Å². The lowest BCUT2D eigenvalue weighted by atomic mass is 10.0. The summed E-state index contributed by atoms with van der Waals surface area (Å²) in [5.74, 6) is -0.644. The van der Waals surface area contributed by atoms with Gasteiger partial charge in [-0.1, -0.05) is 89.2 Å². The molecule has 0 aliphatic rings. The maximum absolute atomic E-state index is 11.9. The first-order valence-electron chi connectivity index (χ1n) is 15.2. The first kappa shape index (κ1) is 35.4. The number of nitrogens with zero attached hydrogens (tertiary/aromatic N) is 3. The number of hydrogen-bond donors (Lipinski definition) is 4. The van der Waals surface area contributed by atoms with Crippen molar-refractivity contribution in [3.05, 3.63) is 5.82 Å². The van der Waals surface area contributed by atoms with E-state index >= 15 is 0 Å². The highest BCUT2D eigenvalue weighted by molar-refractivity contribution is 5.84. The molecule has 1 atom stereocenters. The summed E-state index contributed by atoms with van der Waals surface area (Å²) < 4.78 is 10.6. The Kier molecular flexibility index (Phi) is 22.5. The molecule has 1 rings (SSSR count). The molecule has 12 heteroatoms. The minimum Gasteiger partial charge on any atom is -0.480 e. The van der Waals surface area contributed by atoms with Gasteiger partial charge in [0.15, 0.2) is 5.82 Å². The zero-order chi connectivity index (χ0) is 29.1. The van der Waals surface area contributed by atoms with Gasteiger partial charge in [0.05, 0.1) is 19.8 Å². The largest absolute Gasteiger partial charge is 0.480 e. The van der Waals surface area contributed by atoms with Gasteiger partial charge in [0, 0.05) is 19.4 Å². The first-order chi connectivity index (χ1) is 19.5. The molecule has 0 spiro atoms. The molecule has 0 saturated carbocycles. The fourth-order valence-electron chi connectivity index (χ4n) is 4.32. The van der Waals surface area contributed by atoms with E-state index in [4.69, 9.17) is 14.6 Å². The van der Waals surface area contributed by atoms with Crippen molar-refractivity contribution in [2.75, 3.05) is 33.0 Å². The normalized spacial score (nSPS) is 11.8. The van der Waals surface area contributed by atoms with Gasteiger partial charge in [-0.05, 0) is 19.3 Å². The van der Waals surface area contributed by atoms with E-state index in [0.29, 0.717) is 39.0 Å². The predicted octanol–water partition coefficient (Wildman–Crippen LogP) is 3.72. The van der Waals surface area contributed by atoms with E-state index in [1.165, 1.54) is 64.2 Å². The Hall–Kier alpha value is -2.60. The number of ether oxygens (including phenoxy) is 2. The number of nitrogens with one attached hydrogen (secondary N) is 3. The van der Waals surface area contributed by atoms with E-state index in [9.17, 15) is 14.4 Å². The van der Waals surface area contributed by atoms with Crippen molar-refractivity contribution in [3.8, 4) is 0 Å². The zero-order valence-electron chi connectivity index (χ0n) is 24.5. The van der Waals surface area contributed by atoms with E-state index in [2.05, 4.69) is 31.3 Å². The Labute approximate surface area is 239 Å². The second-order valence-corrected chi connectivity index (χ2v) is 10.2. The SMILES string of the molecule is CCCC(NC(=O)COCCOCCNC(=O)CCCCCCCCCCCCCCCc1nn[nH]n1)C(=O)O. The van der Waals surface area contributed by atoms with Crippen LogP contribution in [0.25, 0.3) is 0 Å². The van der Waals surface area contributed by atoms with Crippen molar-refractivity contribution in [2.24, 2.45) is 0 Å². The van der Waals surface area contributed by atoms with Crippen molar-refractivity contribution in [1.29, 1.82) is 0 Å². The first-order valence-corrected chi connectivity index (χ1v) is 15.2. The van der Waals surface area contributed by atoms with Crippen LogP contribution in [0.4, 0.5) is 0 Å². The molecule has 1 aromatic heterocycles. The summed E-state index contributed by atoms with van der Waals surface area (Å²) in [4.78, 5) is 34.7. The summed E-state index contributed by atoms with van der Waals surface area (Å²) in [5, 5.41) is 28.3. The zero-order valence-corrected chi connectivity index (χ0v) is 24.5. The molecule has 0 fully saturated rings. The summed E-state index contributed by atoms with van der Waals surface area (Å²) in [6, 6.07) is -0.886. The average Bonchev–Trinajstić information content (AvgIpc) is 3.45. The van der Waals surface area contributed by atoms with Gasteiger partial charge in [-0.3, -0.25) is 9.59 Å². The molecule has 1 heterocycles. The lowest BCUT2D eigenvalue weighted by molar-refractivity contribution is -0.142. The highest BCUT2D eigenvalue weighted by Crippen LogP contribution is 2.13. The topological polar surface area (TPSA) is 168 Å². The second kappa shape index (κ2) is 25.4. The Bertz CT molecular complexity index is 764. The maximum atomic E-state index is 11.9. The average molecular weight is 569 g/mol. The van der Waals surface area contributed by atoms with E-state index in [1.54, 1.807) is 0 Å². The molecule has 4 N–H and O–H groups in total. The minimum atomic E-state index is -1.05. The number of amides is 2. The number of carbonyl (C=O) groups excluding carboxylic acids is 2. The highest BCUT2D eigenvalue weighted by atomic mass is 16.5. The van der Waals surface area contributed by atoms with Crippen molar-refractivity contribution < 1.29 is 29.0 Å². The van der Waals surface area contributed by atoms with Crippen LogP contribution in [0.2, 0.25) is 0 Å². The van der Waals surface area contributed by atoms with Gasteiger partial charge in [0.1, 0.15) is 12.6 Å². The number of H-pyrrole nitrogens is 1. The molecule has 2 amide bonds. The minimum absolute atomic E-state index is 0.0476. The molecule has 230 valence electrons. The molecule has 1 unspecified atom stereocenters. The van der Waals surface area contributed by atoms with E-state index in [1.807, 2.05) is 6.92 Å². The number of carboxylic acid groups (broad SMARTS) is 1. The van der Waals surface area contributed by atoms with E-state index in [-0.39, 0.29) is 19.1 Å². The van der Waals surface area contributed by atoms with Crippen LogP contribution in [0.1, 0.15) is 115 Å².